The molecule has 0 aromatic carbocycles. The minimum Gasteiger partial charge on any atom is -0.481 e. The van der Waals surface area contributed by atoms with Gasteiger partial charge in [-0.2, -0.15) is 4.39 Å². The predicted octanol–water partition coefficient (Wildman–Crippen LogP) is 0.815. The number of aliphatic carboxylic acids is 1. The number of nitrogens with zero attached hydrogens (tertiary/aromatic N) is 1. The molecule has 0 atom stereocenters. The Labute approximate surface area is 96.7 Å². The van der Waals surface area contributed by atoms with E-state index in [0.717, 1.165) is 6.07 Å². The van der Waals surface area contributed by atoms with Crippen molar-refractivity contribution in [2.75, 3.05) is 6.54 Å². The molecule has 0 saturated heterocycles. The first-order valence-corrected chi connectivity index (χ1v) is 5.17. The number of carboxylic acids is 1. The fraction of sp³-hybridized carbons (Fsp3) is 0.364. The summed E-state index contributed by atoms with van der Waals surface area (Å²) in [5.74, 6) is -2.13. The number of rotatable bonds is 4. The molecule has 90 valence electrons. The summed E-state index contributed by atoms with van der Waals surface area (Å²) < 4.78 is 12.8. The van der Waals surface area contributed by atoms with Gasteiger partial charge in [-0.25, -0.2) is 4.98 Å². The van der Waals surface area contributed by atoms with Crippen LogP contribution in [0.5, 0.6) is 0 Å². The normalized spacial score (nSPS) is 16.3. The molecule has 1 aliphatic carbocycles. The van der Waals surface area contributed by atoms with Crippen LogP contribution in [0.1, 0.15) is 23.2 Å². The van der Waals surface area contributed by atoms with E-state index in [4.69, 9.17) is 5.11 Å². The van der Waals surface area contributed by atoms with Gasteiger partial charge in [-0.15, -0.1) is 0 Å². The largest absolute Gasteiger partial charge is 0.481 e. The predicted molar refractivity (Wildman–Crippen MR) is 55.8 cm³/mol. The second kappa shape index (κ2) is 4.12. The molecule has 17 heavy (non-hydrogen) atoms. The summed E-state index contributed by atoms with van der Waals surface area (Å²) in [6.07, 6.45) is 2.31. The lowest BCUT2D eigenvalue weighted by Crippen LogP contribution is -2.34. The summed E-state index contributed by atoms with van der Waals surface area (Å²) in [7, 11) is 0. The maximum atomic E-state index is 12.8. The highest BCUT2D eigenvalue weighted by molar-refractivity contribution is 5.94. The lowest BCUT2D eigenvalue weighted by molar-refractivity contribution is -0.143. The summed E-state index contributed by atoms with van der Waals surface area (Å²) >= 11 is 0. The molecule has 0 bridgehead atoms. The molecule has 0 radical (unpaired) electrons. The van der Waals surface area contributed by atoms with Gasteiger partial charge < -0.3 is 10.4 Å². The van der Waals surface area contributed by atoms with E-state index in [-0.39, 0.29) is 12.1 Å². The van der Waals surface area contributed by atoms with Gasteiger partial charge >= 0.3 is 5.97 Å². The van der Waals surface area contributed by atoms with Gasteiger partial charge in [0.15, 0.2) is 0 Å². The third-order valence-electron chi connectivity index (χ3n) is 2.88. The van der Waals surface area contributed by atoms with E-state index in [2.05, 4.69) is 10.3 Å². The van der Waals surface area contributed by atoms with Crippen molar-refractivity contribution in [1.82, 2.24) is 10.3 Å². The Morgan fingerprint density at radius 2 is 2.24 bits per heavy atom. The van der Waals surface area contributed by atoms with Crippen LogP contribution in [0, 0.1) is 11.4 Å². The van der Waals surface area contributed by atoms with Crippen molar-refractivity contribution in [3.05, 3.63) is 29.8 Å². The number of halogens is 1. The lowest BCUT2D eigenvalue weighted by atomic mass is 10.1. The molecule has 1 saturated carbocycles. The molecule has 2 rings (SSSR count). The number of aromatic nitrogens is 1. The van der Waals surface area contributed by atoms with Crippen molar-refractivity contribution in [3.8, 4) is 0 Å². The van der Waals surface area contributed by atoms with Crippen molar-refractivity contribution >= 4 is 11.9 Å². The van der Waals surface area contributed by atoms with E-state index in [1.165, 1.54) is 12.3 Å². The number of carbonyl (C=O) groups excluding carboxylic acids is 1. The van der Waals surface area contributed by atoms with E-state index in [1.54, 1.807) is 0 Å². The Morgan fingerprint density at radius 1 is 1.53 bits per heavy atom. The van der Waals surface area contributed by atoms with Gasteiger partial charge in [0.1, 0.15) is 0 Å². The van der Waals surface area contributed by atoms with Crippen LogP contribution in [0.4, 0.5) is 4.39 Å². The van der Waals surface area contributed by atoms with Gasteiger partial charge in [0.05, 0.1) is 5.41 Å². The van der Waals surface area contributed by atoms with Gasteiger partial charge in [0.25, 0.3) is 5.91 Å². The number of carbonyl (C=O) groups is 2. The minimum absolute atomic E-state index is 0.0745. The van der Waals surface area contributed by atoms with E-state index < -0.39 is 23.2 Å². The van der Waals surface area contributed by atoms with Crippen molar-refractivity contribution in [3.63, 3.8) is 0 Å². The fourth-order valence-corrected chi connectivity index (χ4v) is 1.51. The molecular weight excluding hydrogens is 227 g/mol. The van der Waals surface area contributed by atoms with Crippen molar-refractivity contribution in [2.45, 2.75) is 12.8 Å². The first-order valence-electron chi connectivity index (χ1n) is 5.17. The second-order valence-corrected chi connectivity index (χ2v) is 4.14. The molecule has 2 N–H and O–H groups in total. The van der Waals surface area contributed by atoms with Crippen LogP contribution in [0.15, 0.2) is 18.3 Å². The van der Waals surface area contributed by atoms with Gasteiger partial charge in [-0.05, 0) is 18.9 Å². The maximum Gasteiger partial charge on any atom is 0.311 e. The van der Waals surface area contributed by atoms with Crippen LogP contribution < -0.4 is 5.32 Å². The highest BCUT2D eigenvalue weighted by Crippen LogP contribution is 2.45. The molecule has 1 heterocycles. The molecule has 0 unspecified atom stereocenters. The van der Waals surface area contributed by atoms with Gasteiger partial charge in [0, 0.05) is 24.4 Å². The van der Waals surface area contributed by atoms with E-state index in [9.17, 15) is 14.0 Å². The molecular formula is C11H11FN2O3. The molecule has 1 aromatic heterocycles. The Bertz CT molecular complexity index is 472. The fourth-order valence-electron chi connectivity index (χ4n) is 1.51. The number of hydrogen-bond donors (Lipinski definition) is 2. The van der Waals surface area contributed by atoms with Crippen molar-refractivity contribution in [1.29, 1.82) is 0 Å². The van der Waals surface area contributed by atoms with Crippen LogP contribution in [0.25, 0.3) is 0 Å². The van der Waals surface area contributed by atoms with Crippen LogP contribution in [0.2, 0.25) is 0 Å². The standard InChI is InChI=1S/C11H11FN2O3/c12-8-5-7(1-4-13-8)9(15)14-6-11(2-3-11)10(16)17/h1,4-5H,2-3,6H2,(H,14,15)(H,16,17). The van der Waals surface area contributed by atoms with Crippen molar-refractivity contribution < 1.29 is 19.1 Å². The van der Waals surface area contributed by atoms with Crippen molar-refractivity contribution in [2.24, 2.45) is 5.41 Å². The topological polar surface area (TPSA) is 79.3 Å². The average Bonchev–Trinajstić information content (AvgIpc) is 3.07. The number of nitrogens with one attached hydrogen (secondary N) is 1. The first kappa shape index (κ1) is 11.5. The molecule has 1 fully saturated rings. The molecule has 6 heteroatoms. The zero-order valence-corrected chi connectivity index (χ0v) is 8.94. The highest BCUT2D eigenvalue weighted by Gasteiger charge is 2.50. The number of carboxylic acid groups (broad SMARTS) is 1. The zero-order valence-electron chi connectivity index (χ0n) is 8.94. The second-order valence-electron chi connectivity index (χ2n) is 4.14. The molecule has 0 spiro atoms. The molecule has 1 aliphatic rings. The highest BCUT2D eigenvalue weighted by atomic mass is 19.1. The minimum atomic E-state index is -0.904. The smallest absolute Gasteiger partial charge is 0.311 e. The number of amides is 1. The molecule has 5 nitrogen and oxygen atoms in total. The zero-order chi connectivity index (χ0) is 12.5. The number of hydrogen-bond acceptors (Lipinski definition) is 3. The Morgan fingerprint density at radius 3 is 2.76 bits per heavy atom. The van der Waals surface area contributed by atoms with Crippen LogP contribution in [-0.4, -0.2) is 28.5 Å². The maximum absolute atomic E-state index is 12.8. The molecule has 1 aromatic rings. The monoisotopic (exact) mass is 238 g/mol. The van der Waals surface area contributed by atoms with Crippen LogP contribution >= 0.6 is 0 Å². The first-order chi connectivity index (χ1) is 8.03. The van der Waals surface area contributed by atoms with E-state index >= 15 is 0 Å². The third kappa shape index (κ3) is 2.41. The molecule has 0 aliphatic heterocycles. The van der Waals surface area contributed by atoms with Crippen LogP contribution in [-0.2, 0) is 4.79 Å². The third-order valence-corrected chi connectivity index (χ3v) is 2.88. The number of pyridine rings is 1. The SMILES string of the molecule is O=C(NCC1(C(=O)O)CC1)c1ccnc(F)c1. The summed E-state index contributed by atoms with van der Waals surface area (Å²) in [6, 6.07) is 2.38. The van der Waals surface area contributed by atoms with Gasteiger partial charge in [-0.1, -0.05) is 0 Å². The van der Waals surface area contributed by atoms with Gasteiger partial charge in [-0.3, -0.25) is 9.59 Å². The Kier molecular flexibility index (Phi) is 2.79. The van der Waals surface area contributed by atoms with E-state index in [1.807, 2.05) is 0 Å². The summed E-state index contributed by atoms with van der Waals surface area (Å²) in [6.45, 7) is 0.0745. The van der Waals surface area contributed by atoms with Crippen LogP contribution in [0.3, 0.4) is 0 Å². The lowest BCUT2D eigenvalue weighted by Gasteiger charge is -2.10. The summed E-state index contributed by atoms with van der Waals surface area (Å²) in [5, 5.41) is 11.4. The average molecular weight is 238 g/mol. The van der Waals surface area contributed by atoms with Gasteiger partial charge in [0.2, 0.25) is 5.95 Å². The Balaban J connectivity index is 1.96. The quantitative estimate of drug-likeness (QED) is 0.761. The Hall–Kier alpha value is -1.98. The molecule has 1 amide bonds. The summed E-state index contributed by atoms with van der Waals surface area (Å²) in [4.78, 5) is 25.8. The van der Waals surface area contributed by atoms with E-state index in [0.29, 0.717) is 12.8 Å². The summed E-state index contributed by atoms with van der Waals surface area (Å²) in [5.41, 5.74) is -0.681.